The Kier molecular flexibility index (Phi) is 1.66. The zero-order valence-corrected chi connectivity index (χ0v) is 6.68. The van der Waals surface area contributed by atoms with Gasteiger partial charge in [0.25, 0.3) is 0 Å². The van der Waals surface area contributed by atoms with E-state index in [9.17, 15) is 0 Å². The molecule has 1 aromatic heterocycles. The number of hydrogen-bond acceptors (Lipinski definition) is 2. The summed E-state index contributed by atoms with van der Waals surface area (Å²) in [6.07, 6.45) is 0.910. The van der Waals surface area contributed by atoms with Crippen LogP contribution in [-0.2, 0) is 13.5 Å². The van der Waals surface area contributed by atoms with E-state index < -0.39 is 0 Å². The van der Waals surface area contributed by atoms with E-state index in [4.69, 9.17) is 5.73 Å². The molecule has 0 saturated carbocycles. The van der Waals surface area contributed by atoms with Crippen molar-refractivity contribution in [1.29, 1.82) is 0 Å². The second kappa shape index (κ2) is 2.33. The molecule has 0 saturated heterocycles. The first-order valence-corrected chi connectivity index (χ1v) is 3.44. The zero-order chi connectivity index (χ0) is 7.72. The molecule has 0 spiro atoms. The molecular formula is C7H13N3. The molecular weight excluding hydrogens is 126 g/mol. The van der Waals surface area contributed by atoms with Gasteiger partial charge in [-0.25, -0.2) is 0 Å². The molecule has 56 valence electrons. The number of anilines is 1. The van der Waals surface area contributed by atoms with Gasteiger partial charge in [-0.3, -0.25) is 4.68 Å². The van der Waals surface area contributed by atoms with Gasteiger partial charge < -0.3 is 5.73 Å². The third kappa shape index (κ3) is 0.875. The molecule has 1 rings (SSSR count). The van der Waals surface area contributed by atoms with Crippen molar-refractivity contribution in [3.05, 3.63) is 11.4 Å². The van der Waals surface area contributed by atoms with Gasteiger partial charge in [0, 0.05) is 7.05 Å². The van der Waals surface area contributed by atoms with E-state index in [2.05, 4.69) is 12.0 Å². The fraction of sp³-hybridized carbons (Fsp3) is 0.571. The van der Waals surface area contributed by atoms with E-state index in [1.165, 1.54) is 0 Å². The maximum atomic E-state index is 5.73. The quantitative estimate of drug-likeness (QED) is 0.627. The Morgan fingerprint density at radius 3 is 2.40 bits per heavy atom. The van der Waals surface area contributed by atoms with E-state index in [1.807, 2.05) is 18.7 Å². The van der Waals surface area contributed by atoms with E-state index in [0.717, 1.165) is 23.5 Å². The molecule has 0 unspecified atom stereocenters. The second-order valence-electron chi connectivity index (χ2n) is 2.42. The van der Waals surface area contributed by atoms with Gasteiger partial charge in [-0.05, 0) is 13.3 Å². The number of aryl methyl sites for hydroxylation is 2. The molecule has 1 aromatic rings. The third-order valence-electron chi connectivity index (χ3n) is 1.79. The standard InChI is InChI=1S/C7H13N3/c1-4-6-7(8)5(2)10(3)9-6/h4,8H2,1-3H3. The van der Waals surface area contributed by atoms with Crippen LogP contribution in [-0.4, -0.2) is 9.78 Å². The van der Waals surface area contributed by atoms with Crippen LogP contribution in [0.1, 0.15) is 18.3 Å². The van der Waals surface area contributed by atoms with Crippen LogP contribution in [0.5, 0.6) is 0 Å². The van der Waals surface area contributed by atoms with Gasteiger partial charge in [0.2, 0.25) is 0 Å². The molecule has 1 heterocycles. The van der Waals surface area contributed by atoms with Crippen molar-refractivity contribution in [1.82, 2.24) is 9.78 Å². The topological polar surface area (TPSA) is 43.8 Å². The first-order valence-electron chi connectivity index (χ1n) is 3.44. The summed E-state index contributed by atoms with van der Waals surface area (Å²) in [5, 5.41) is 4.22. The van der Waals surface area contributed by atoms with Crippen molar-refractivity contribution in [3.8, 4) is 0 Å². The van der Waals surface area contributed by atoms with Crippen LogP contribution >= 0.6 is 0 Å². The smallest absolute Gasteiger partial charge is 0.0853 e. The van der Waals surface area contributed by atoms with Crippen molar-refractivity contribution in [2.45, 2.75) is 20.3 Å². The van der Waals surface area contributed by atoms with Crippen molar-refractivity contribution in [2.75, 3.05) is 5.73 Å². The van der Waals surface area contributed by atoms with Crippen molar-refractivity contribution in [2.24, 2.45) is 7.05 Å². The lowest BCUT2D eigenvalue weighted by atomic mass is 10.2. The van der Waals surface area contributed by atoms with Gasteiger partial charge in [0.1, 0.15) is 0 Å². The number of nitrogens with two attached hydrogens (primary N) is 1. The Labute approximate surface area is 60.8 Å². The summed E-state index contributed by atoms with van der Waals surface area (Å²) in [5.74, 6) is 0. The molecule has 10 heavy (non-hydrogen) atoms. The molecule has 0 aliphatic rings. The number of rotatable bonds is 1. The molecule has 3 heteroatoms. The van der Waals surface area contributed by atoms with E-state index >= 15 is 0 Å². The lowest BCUT2D eigenvalue weighted by Crippen LogP contribution is -1.93. The maximum absolute atomic E-state index is 5.73. The van der Waals surface area contributed by atoms with E-state index in [1.54, 1.807) is 0 Å². The number of nitrogen functional groups attached to an aromatic ring is 1. The van der Waals surface area contributed by atoms with Crippen LogP contribution in [0, 0.1) is 6.92 Å². The summed E-state index contributed by atoms with van der Waals surface area (Å²) in [6.45, 7) is 4.03. The summed E-state index contributed by atoms with van der Waals surface area (Å²) in [5.41, 5.74) is 8.62. The molecule has 0 aliphatic carbocycles. The zero-order valence-electron chi connectivity index (χ0n) is 6.68. The van der Waals surface area contributed by atoms with Gasteiger partial charge in [-0.2, -0.15) is 5.10 Å². The Morgan fingerprint density at radius 2 is 2.20 bits per heavy atom. The summed E-state index contributed by atoms with van der Waals surface area (Å²) in [6, 6.07) is 0. The molecule has 0 bridgehead atoms. The molecule has 0 atom stereocenters. The predicted molar refractivity (Wildman–Crippen MR) is 41.7 cm³/mol. The Bertz CT molecular complexity index is 237. The Hall–Kier alpha value is -0.990. The van der Waals surface area contributed by atoms with Gasteiger partial charge >= 0.3 is 0 Å². The highest BCUT2D eigenvalue weighted by Crippen LogP contribution is 2.14. The van der Waals surface area contributed by atoms with Gasteiger partial charge in [-0.1, -0.05) is 6.92 Å². The molecule has 0 aliphatic heterocycles. The number of hydrogen-bond donors (Lipinski definition) is 1. The van der Waals surface area contributed by atoms with Crippen LogP contribution in [0.4, 0.5) is 5.69 Å². The fourth-order valence-electron chi connectivity index (χ4n) is 0.954. The highest BCUT2D eigenvalue weighted by Gasteiger charge is 2.05. The van der Waals surface area contributed by atoms with E-state index in [-0.39, 0.29) is 0 Å². The minimum atomic E-state index is 0.838. The van der Waals surface area contributed by atoms with Crippen molar-refractivity contribution >= 4 is 5.69 Å². The summed E-state index contributed by atoms with van der Waals surface area (Å²) in [7, 11) is 1.91. The Balaban J connectivity index is 3.17. The molecule has 2 N–H and O–H groups in total. The average Bonchev–Trinajstić information content (AvgIpc) is 2.17. The van der Waals surface area contributed by atoms with Gasteiger partial charge in [0.05, 0.1) is 17.1 Å². The maximum Gasteiger partial charge on any atom is 0.0853 e. The van der Waals surface area contributed by atoms with Crippen LogP contribution in [0.25, 0.3) is 0 Å². The molecule has 0 amide bonds. The molecule has 0 radical (unpaired) electrons. The van der Waals surface area contributed by atoms with Crippen molar-refractivity contribution in [3.63, 3.8) is 0 Å². The SMILES string of the molecule is CCc1nn(C)c(C)c1N. The first kappa shape index (κ1) is 7.12. The van der Waals surface area contributed by atoms with Gasteiger partial charge in [0.15, 0.2) is 0 Å². The normalized spacial score (nSPS) is 10.3. The highest BCUT2D eigenvalue weighted by molar-refractivity contribution is 5.47. The largest absolute Gasteiger partial charge is 0.396 e. The van der Waals surface area contributed by atoms with Crippen LogP contribution in [0.3, 0.4) is 0 Å². The fourth-order valence-corrected chi connectivity index (χ4v) is 0.954. The average molecular weight is 139 g/mol. The highest BCUT2D eigenvalue weighted by atomic mass is 15.3. The summed E-state index contributed by atoms with van der Waals surface area (Å²) < 4.78 is 1.81. The van der Waals surface area contributed by atoms with Gasteiger partial charge in [-0.15, -0.1) is 0 Å². The van der Waals surface area contributed by atoms with Crippen LogP contribution in [0.15, 0.2) is 0 Å². The Morgan fingerprint density at radius 1 is 1.60 bits per heavy atom. The minimum Gasteiger partial charge on any atom is -0.396 e. The lowest BCUT2D eigenvalue weighted by Gasteiger charge is -1.91. The lowest BCUT2D eigenvalue weighted by molar-refractivity contribution is 0.723. The first-order chi connectivity index (χ1) is 4.66. The summed E-state index contributed by atoms with van der Waals surface area (Å²) in [4.78, 5) is 0. The second-order valence-corrected chi connectivity index (χ2v) is 2.42. The molecule has 3 nitrogen and oxygen atoms in total. The summed E-state index contributed by atoms with van der Waals surface area (Å²) >= 11 is 0. The number of nitrogens with zero attached hydrogens (tertiary/aromatic N) is 2. The molecule has 0 aromatic carbocycles. The van der Waals surface area contributed by atoms with E-state index in [0.29, 0.717) is 0 Å². The van der Waals surface area contributed by atoms with Crippen LogP contribution in [0.2, 0.25) is 0 Å². The van der Waals surface area contributed by atoms with Crippen molar-refractivity contribution < 1.29 is 0 Å². The predicted octanol–water partition coefficient (Wildman–Crippen LogP) is 0.873. The molecule has 0 fully saturated rings. The minimum absolute atomic E-state index is 0.838. The monoisotopic (exact) mass is 139 g/mol. The number of aromatic nitrogens is 2. The third-order valence-corrected chi connectivity index (χ3v) is 1.79. The van der Waals surface area contributed by atoms with Crippen LogP contribution < -0.4 is 5.73 Å².